The lowest BCUT2D eigenvalue weighted by molar-refractivity contribution is 0.0695. The second-order valence-electron chi connectivity index (χ2n) is 4.62. The lowest BCUT2D eigenvalue weighted by Crippen LogP contribution is -2.02. The van der Waals surface area contributed by atoms with E-state index < -0.39 is 11.8 Å². The minimum atomic E-state index is -1.11. The van der Waals surface area contributed by atoms with Crippen LogP contribution in [0.1, 0.15) is 15.9 Å². The quantitative estimate of drug-likeness (QED) is 0.706. The highest BCUT2D eigenvalue weighted by atomic mass is 32.2. The first-order valence-corrected chi connectivity index (χ1v) is 7.34. The van der Waals surface area contributed by atoms with Crippen molar-refractivity contribution in [2.24, 2.45) is 0 Å². The number of benzene rings is 2. The Kier molecular flexibility index (Phi) is 3.66. The molecule has 0 amide bonds. The number of carboxylic acid groups (broad SMARTS) is 1. The highest BCUT2D eigenvalue weighted by molar-refractivity contribution is 7.98. The molecule has 0 unspecified atom stereocenters. The Morgan fingerprint density at radius 3 is 2.76 bits per heavy atom. The van der Waals surface area contributed by atoms with Gasteiger partial charge in [0.15, 0.2) is 0 Å². The minimum absolute atomic E-state index is 0.0126. The van der Waals surface area contributed by atoms with Gasteiger partial charge in [-0.05, 0) is 29.8 Å². The lowest BCUT2D eigenvalue weighted by atomic mass is 10.1. The number of carbonyl (C=O) groups is 1. The van der Waals surface area contributed by atoms with Gasteiger partial charge >= 0.3 is 5.97 Å². The molecular formula is C16H12FNO2S. The van der Waals surface area contributed by atoms with Crippen LogP contribution in [0.15, 0.2) is 53.6 Å². The number of aromatic amines is 1. The molecule has 5 heteroatoms. The fourth-order valence-electron chi connectivity index (χ4n) is 2.15. The molecule has 0 atom stereocenters. The maximum absolute atomic E-state index is 13.1. The Labute approximate surface area is 124 Å². The number of nitrogens with one attached hydrogen (secondary N) is 1. The van der Waals surface area contributed by atoms with E-state index in [-0.39, 0.29) is 5.56 Å². The fourth-order valence-corrected chi connectivity index (χ4v) is 3.11. The second kappa shape index (κ2) is 5.61. The van der Waals surface area contributed by atoms with E-state index in [1.54, 1.807) is 0 Å². The van der Waals surface area contributed by atoms with Gasteiger partial charge in [0, 0.05) is 16.7 Å². The summed E-state index contributed by atoms with van der Waals surface area (Å²) in [6.07, 6.45) is 0. The Bertz CT molecular complexity index is 780. The zero-order valence-electron chi connectivity index (χ0n) is 11.0. The van der Waals surface area contributed by atoms with Crippen LogP contribution in [-0.2, 0) is 5.75 Å². The van der Waals surface area contributed by atoms with Crippen molar-refractivity contribution in [1.82, 2.24) is 4.98 Å². The topological polar surface area (TPSA) is 53.1 Å². The second-order valence-corrected chi connectivity index (χ2v) is 5.63. The van der Waals surface area contributed by atoms with Gasteiger partial charge in [0.25, 0.3) is 0 Å². The molecule has 3 aromatic rings. The van der Waals surface area contributed by atoms with Gasteiger partial charge in [0.2, 0.25) is 0 Å². The number of carboxylic acids is 1. The summed E-state index contributed by atoms with van der Waals surface area (Å²) in [4.78, 5) is 14.4. The van der Waals surface area contributed by atoms with Gasteiger partial charge in [-0.1, -0.05) is 24.3 Å². The number of thioether (sulfide) groups is 1. The molecule has 0 radical (unpaired) electrons. The van der Waals surface area contributed by atoms with Crippen molar-refractivity contribution in [1.29, 1.82) is 0 Å². The summed E-state index contributed by atoms with van der Waals surface area (Å²) >= 11 is 1.50. The average Bonchev–Trinajstić information content (AvgIpc) is 2.88. The third-order valence-electron chi connectivity index (χ3n) is 3.19. The van der Waals surface area contributed by atoms with Crippen molar-refractivity contribution >= 4 is 28.6 Å². The van der Waals surface area contributed by atoms with Crippen molar-refractivity contribution in [2.75, 3.05) is 0 Å². The van der Waals surface area contributed by atoms with Gasteiger partial charge in [-0.25, -0.2) is 9.18 Å². The molecule has 2 N–H and O–H groups in total. The van der Waals surface area contributed by atoms with E-state index in [1.807, 2.05) is 30.3 Å². The number of H-pyrrole nitrogens is 1. The molecule has 0 saturated carbocycles. The summed E-state index contributed by atoms with van der Waals surface area (Å²) in [6.45, 7) is 0. The first-order chi connectivity index (χ1) is 10.1. The molecular weight excluding hydrogens is 289 g/mol. The largest absolute Gasteiger partial charge is 0.478 e. The molecule has 0 aliphatic rings. The summed E-state index contributed by atoms with van der Waals surface area (Å²) in [5.41, 5.74) is 1.66. The molecule has 0 aliphatic heterocycles. The van der Waals surface area contributed by atoms with E-state index in [0.717, 1.165) is 22.0 Å². The summed E-state index contributed by atoms with van der Waals surface area (Å²) in [6, 6.07) is 13.8. The minimum Gasteiger partial charge on any atom is -0.478 e. The van der Waals surface area contributed by atoms with Gasteiger partial charge in [-0.3, -0.25) is 0 Å². The average molecular weight is 301 g/mol. The SMILES string of the molecule is O=C(O)c1cc(F)ccc1CSc1cc2ccccc2[nH]1. The highest BCUT2D eigenvalue weighted by Gasteiger charge is 2.12. The molecule has 1 aromatic heterocycles. The Morgan fingerprint density at radius 2 is 2.00 bits per heavy atom. The summed E-state index contributed by atoms with van der Waals surface area (Å²) < 4.78 is 13.1. The van der Waals surface area contributed by atoms with Crippen LogP contribution in [0.5, 0.6) is 0 Å². The van der Waals surface area contributed by atoms with E-state index >= 15 is 0 Å². The number of rotatable bonds is 4. The van der Waals surface area contributed by atoms with Crippen LogP contribution >= 0.6 is 11.8 Å². The van der Waals surface area contributed by atoms with E-state index in [9.17, 15) is 9.18 Å². The highest BCUT2D eigenvalue weighted by Crippen LogP contribution is 2.27. The summed E-state index contributed by atoms with van der Waals surface area (Å²) in [5.74, 6) is -1.18. The van der Waals surface area contributed by atoms with Gasteiger partial charge in [0.1, 0.15) is 5.82 Å². The first kappa shape index (κ1) is 13.7. The molecule has 1 heterocycles. The molecule has 0 aliphatic carbocycles. The number of fused-ring (bicyclic) bond motifs is 1. The molecule has 3 rings (SSSR count). The zero-order valence-corrected chi connectivity index (χ0v) is 11.8. The molecule has 0 bridgehead atoms. The van der Waals surface area contributed by atoms with Crippen molar-refractivity contribution in [3.8, 4) is 0 Å². The van der Waals surface area contributed by atoms with E-state index in [4.69, 9.17) is 5.11 Å². The van der Waals surface area contributed by atoms with Gasteiger partial charge < -0.3 is 10.1 Å². The van der Waals surface area contributed by atoms with Crippen LogP contribution in [0.4, 0.5) is 4.39 Å². The van der Waals surface area contributed by atoms with Crippen LogP contribution in [-0.4, -0.2) is 16.1 Å². The van der Waals surface area contributed by atoms with Crippen LogP contribution in [0.25, 0.3) is 10.9 Å². The van der Waals surface area contributed by atoms with Crippen LogP contribution < -0.4 is 0 Å². The van der Waals surface area contributed by atoms with Gasteiger partial charge in [-0.2, -0.15) is 0 Å². The zero-order chi connectivity index (χ0) is 14.8. The first-order valence-electron chi connectivity index (χ1n) is 6.36. The summed E-state index contributed by atoms with van der Waals surface area (Å²) in [5, 5.41) is 11.2. The summed E-state index contributed by atoms with van der Waals surface area (Å²) in [7, 11) is 0. The lowest BCUT2D eigenvalue weighted by Gasteiger charge is -2.05. The van der Waals surface area contributed by atoms with Crippen molar-refractivity contribution in [2.45, 2.75) is 10.8 Å². The standard InChI is InChI=1S/C16H12FNO2S/c17-12-6-5-11(13(8-12)16(19)20)9-21-15-7-10-3-1-2-4-14(10)18-15/h1-8,18H,9H2,(H,19,20). The normalized spacial score (nSPS) is 10.9. The third-order valence-corrected chi connectivity index (χ3v) is 4.18. The van der Waals surface area contributed by atoms with Crippen LogP contribution in [0.3, 0.4) is 0 Å². The maximum Gasteiger partial charge on any atom is 0.336 e. The molecule has 0 saturated heterocycles. The van der Waals surface area contributed by atoms with Gasteiger partial charge in [0.05, 0.1) is 10.6 Å². The molecule has 21 heavy (non-hydrogen) atoms. The Hall–Kier alpha value is -2.27. The van der Waals surface area contributed by atoms with E-state index in [0.29, 0.717) is 11.3 Å². The molecule has 0 fully saturated rings. The predicted octanol–water partition coefficient (Wildman–Crippen LogP) is 4.30. The van der Waals surface area contributed by atoms with Gasteiger partial charge in [-0.15, -0.1) is 11.8 Å². The number of aromatic carboxylic acids is 1. The van der Waals surface area contributed by atoms with Crippen molar-refractivity contribution in [3.05, 3.63) is 65.5 Å². The van der Waals surface area contributed by atoms with Crippen molar-refractivity contribution in [3.63, 3.8) is 0 Å². The third kappa shape index (κ3) is 2.92. The predicted molar refractivity (Wildman–Crippen MR) is 81.2 cm³/mol. The molecule has 106 valence electrons. The molecule has 2 aromatic carbocycles. The fraction of sp³-hybridized carbons (Fsp3) is 0.0625. The Morgan fingerprint density at radius 1 is 1.19 bits per heavy atom. The Balaban J connectivity index is 1.83. The number of halogens is 1. The van der Waals surface area contributed by atoms with Crippen LogP contribution in [0, 0.1) is 5.82 Å². The van der Waals surface area contributed by atoms with Crippen molar-refractivity contribution < 1.29 is 14.3 Å². The van der Waals surface area contributed by atoms with E-state index in [2.05, 4.69) is 4.98 Å². The van der Waals surface area contributed by atoms with E-state index in [1.165, 1.54) is 23.9 Å². The smallest absolute Gasteiger partial charge is 0.336 e. The number of hydrogen-bond donors (Lipinski definition) is 2. The molecule has 0 spiro atoms. The maximum atomic E-state index is 13.1. The number of para-hydroxylation sites is 1. The number of aromatic nitrogens is 1. The van der Waals surface area contributed by atoms with Crippen LogP contribution in [0.2, 0.25) is 0 Å². The monoisotopic (exact) mass is 301 g/mol. The molecule has 3 nitrogen and oxygen atoms in total. The number of hydrogen-bond acceptors (Lipinski definition) is 2.